The number of carbonyl (C=O) groups is 4. The Morgan fingerprint density at radius 3 is 1.71 bits per heavy atom. The summed E-state index contributed by atoms with van der Waals surface area (Å²) in [5.41, 5.74) is -4.26. The van der Waals surface area contributed by atoms with Crippen LogP contribution in [-0.2, 0) is 80.8 Å². The van der Waals surface area contributed by atoms with Gasteiger partial charge < -0.3 is 128 Å². The first kappa shape index (κ1) is 76.4. The van der Waals surface area contributed by atoms with Gasteiger partial charge in [-0.3, -0.25) is 19.2 Å². The van der Waals surface area contributed by atoms with E-state index in [4.69, 9.17) is 61.6 Å². The molecule has 0 aromatic carbocycles. The normalized spacial score (nSPS) is 51.5. The van der Waals surface area contributed by atoms with Gasteiger partial charge in [-0.1, -0.05) is 53.2 Å². The molecule has 9 fully saturated rings. The lowest BCUT2D eigenvalue weighted by Gasteiger charge is -2.72. The highest BCUT2D eigenvalue weighted by atomic mass is 16.8. The highest BCUT2D eigenvalue weighted by Gasteiger charge is 2.73. The second-order valence-corrected chi connectivity index (χ2v) is 31.4. The first-order chi connectivity index (χ1) is 45.2. The van der Waals surface area contributed by atoms with Crippen LogP contribution in [0, 0.1) is 50.2 Å². The van der Waals surface area contributed by atoms with E-state index in [1.165, 1.54) is 34.6 Å². The maximum absolute atomic E-state index is 16.0. The van der Waals surface area contributed by atoms with Crippen LogP contribution in [0.5, 0.6) is 0 Å². The van der Waals surface area contributed by atoms with Crippen molar-refractivity contribution in [3.63, 3.8) is 0 Å². The minimum Gasteiger partial charge on any atom is -0.462 e. The molecule has 0 spiro atoms. The van der Waals surface area contributed by atoms with Crippen LogP contribution in [0.2, 0.25) is 0 Å². The average Bonchev–Trinajstić information content (AvgIpc) is 0.670. The summed E-state index contributed by atoms with van der Waals surface area (Å²) in [6.45, 7) is 21.0. The van der Waals surface area contributed by atoms with E-state index in [0.29, 0.717) is 32.1 Å². The van der Waals surface area contributed by atoms with Crippen LogP contribution < -0.4 is 0 Å². The summed E-state index contributed by atoms with van der Waals surface area (Å²) >= 11 is 0. The predicted molar refractivity (Wildman–Crippen MR) is 327 cm³/mol. The molecule has 10 aliphatic rings. The van der Waals surface area contributed by atoms with Crippen molar-refractivity contribution in [1.29, 1.82) is 0 Å². The van der Waals surface area contributed by atoms with Gasteiger partial charge in [0.15, 0.2) is 43.5 Å². The topological polar surface area (TPSA) is 451 Å². The standard InChI is InChI=1S/C67H106O30/c1-26(86-31(6)69)20-40(74)92-50-29(4)90-60(54(47(50)81)95-59-49(83)53(91-32(7)70)51(30(5)89-59)93-56-48(82)52(36(72)24-85-56)94-57-45(79)43(77)41(75)27(2)87-57)97-61(84)67-19-18-62(8,9)21-34(67)33-14-15-38-63(10)22-35(71)55(96-58-46(80)44(78)42(76)28(3)88-58)64(11,25-68)37(63)16-17-65(38,12)66(33,13)23-39(67)73/h14,26-30,34-39,41-60,68,71-73,75-83H,15-25H2,1-13H3/t26-,27-,28-,29+,30-,34-,35-,36+,37+,38+,39+,41-,42-,43+,44+,45+,46+,47-,48+,49+,50-,51-,52-,53-,54+,55-,56-,57-,58-,59-,60-,63-,64-,65+,66+,67+/m0/s1. The number of ether oxygens (including phenoxy) is 13. The first-order valence-electron chi connectivity index (χ1n) is 34.3. The molecule has 30 heteroatoms. The number of aliphatic hydroxyl groups excluding tert-OH is 13. The van der Waals surface area contributed by atoms with Gasteiger partial charge in [-0.2, -0.15) is 0 Å². The maximum atomic E-state index is 16.0. The molecule has 0 radical (unpaired) electrons. The smallest absolute Gasteiger partial charge is 0.317 e. The van der Waals surface area contributed by atoms with Crippen LogP contribution in [0.3, 0.4) is 0 Å². The number of allylic oxidation sites excluding steroid dienone is 2. The molecule has 0 amide bonds. The molecule has 13 N–H and O–H groups in total. The van der Waals surface area contributed by atoms with Gasteiger partial charge in [0.05, 0.1) is 62.4 Å². The summed E-state index contributed by atoms with van der Waals surface area (Å²) in [7, 11) is 0. The Morgan fingerprint density at radius 2 is 1.10 bits per heavy atom. The highest BCUT2D eigenvalue weighted by Crippen LogP contribution is 2.76. The van der Waals surface area contributed by atoms with Crippen molar-refractivity contribution in [2.75, 3.05) is 13.2 Å². The second-order valence-electron chi connectivity index (χ2n) is 31.4. The molecule has 0 aromatic heterocycles. The lowest BCUT2D eigenvalue weighted by molar-refractivity contribution is -0.380. The van der Waals surface area contributed by atoms with Crippen LogP contribution >= 0.6 is 0 Å². The molecular weight excluding hydrogens is 1280 g/mol. The zero-order chi connectivity index (χ0) is 71.5. The van der Waals surface area contributed by atoms with E-state index in [1.54, 1.807) is 0 Å². The van der Waals surface area contributed by atoms with Crippen molar-refractivity contribution in [2.45, 2.75) is 320 Å². The van der Waals surface area contributed by atoms with E-state index >= 15 is 4.79 Å². The maximum Gasteiger partial charge on any atom is 0.317 e. The summed E-state index contributed by atoms with van der Waals surface area (Å²) in [4.78, 5) is 54.3. The van der Waals surface area contributed by atoms with Crippen molar-refractivity contribution in [1.82, 2.24) is 0 Å². The summed E-state index contributed by atoms with van der Waals surface area (Å²) in [6.07, 6.45) is -38.8. The minimum absolute atomic E-state index is 0.0755. The molecule has 5 heterocycles. The fourth-order valence-corrected chi connectivity index (χ4v) is 19.0. The van der Waals surface area contributed by atoms with E-state index in [9.17, 15) is 80.8 Å². The number of fused-ring (bicyclic) bond motifs is 7. The molecule has 4 saturated carbocycles. The fraction of sp³-hybridized carbons (Fsp3) is 0.910. The van der Waals surface area contributed by atoms with Gasteiger partial charge in [0.25, 0.3) is 0 Å². The number of carbonyl (C=O) groups excluding carboxylic acids is 4. The lowest BCUT2D eigenvalue weighted by Crippen LogP contribution is -2.70. The monoisotopic (exact) mass is 1390 g/mol. The molecule has 554 valence electrons. The Kier molecular flexibility index (Phi) is 22.4. The average molecular weight is 1390 g/mol. The van der Waals surface area contributed by atoms with E-state index in [1.807, 2.05) is 6.92 Å². The predicted octanol–water partition coefficient (Wildman–Crippen LogP) is -1.08. The van der Waals surface area contributed by atoms with Crippen molar-refractivity contribution in [3.8, 4) is 0 Å². The fourth-order valence-electron chi connectivity index (χ4n) is 19.0. The molecule has 30 nitrogen and oxygen atoms in total. The molecule has 0 aromatic rings. The minimum atomic E-state index is -2.07. The molecule has 5 saturated heterocycles. The number of hydrogen-bond donors (Lipinski definition) is 13. The third-order valence-electron chi connectivity index (χ3n) is 24.4. The summed E-state index contributed by atoms with van der Waals surface area (Å²) in [5.74, 6) is -4.56. The van der Waals surface area contributed by atoms with Crippen LogP contribution in [0.1, 0.15) is 148 Å². The zero-order valence-corrected chi connectivity index (χ0v) is 57.5. The lowest BCUT2D eigenvalue weighted by atomic mass is 9.33. The second kappa shape index (κ2) is 28.4. The Balaban J connectivity index is 0.927. The van der Waals surface area contributed by atoms with Crippen LogP contribution in [0.25, 0.3) is 0 Å². The Bertz CT molecular complexity index is 2850. The summed E-state index contributed by atoms with van der Waals surface area (Å²) < 4.78 is 77.6. The van der Waals surface area contributed by atoms with E-state index < -0.39 is 248 Å². The van der Waals surface area contributed by atoms with Crippen LogP contribution in [0.15, 0.2) is 11.6 Å². The van der Waals surface area contributed by atoms with Crippen molar-refractivity contribution < 1.29 is 147 Å². The van der Waals surface area contributed by atoms with E-state index in [0.717, 1.165) is 19.4 Å². The summed E-state index contributed by atoms with van der Waals surface area (Å²) in [5, 5.41) is 148. The first-order valence-corrected chi connectivity index (χ1v) is 34.3. The van der Waals surface area contributed by atoms with Gasteiger partial charge in [-0.25, -0.2) is 0 Å². The SMILES string of the molecule is CC(=O)O[C@H]1[C@@H](O)[C@H](O[C@H]2[C@H](OC(=O)[C@]34CCC(C)(C)C[C@H]3C3=CC[C@@H]5[C@@]6(C)C[C@H](O)[C@H](O[C@@H]7O[C@@H](C)[C@H](O)[C@@H](O)[C@H]7O)[C@@](C)(CO)[C@@H]6CC[C@@]5(C)[C@]3(C)C[C@H]4O)O[C@H](C)[C@H](OC(=O)C[C@H](C)OC(C)=O)[C@@H]2O)O[C@@H](C)[C@@H]1O[C@@H]1OC[C@@H](O)[C@H](O[C@@H]2O[C@@H](C)[C@H](O)[C@@H](O)[C@H]2O)[C@H]1O. The molecule has 0 bridgehead atoms. The summed E-state index contributed by atoms with van der Waals surface area (Å²) in [6, 6.07) is 0. The molecule has 0 unspecified atom stereocenters. The van der Waals surface area contributed by atoms with Gasteiger partial charge in [-0.15, -0.1) is 0 Å². The van der Waals surface area contributed by atoms with E-state index in [-0.39, 0.29) is 36.5 Å². The molecule has 5 aliphatic carbocycles. The van der Waals surface area contributed by atoms with Crippen molar-refractivity contribution >= 4 is 23.9 Å². The quantitative estimate of drug-likeness (QED) is 0.0378. The molecule has 36 atom stereocenters. The molecule has 97 heavy (non-hydrogen) atoms. The third-order valence-corrected chi connectivity index (χ3v) is 24.4. The van der Waals surface area contributed by atoms with Gasteiger partial charge in [0.1, 0.15) is 84.8 Å². The molecule has 5 aliphatic heterocycles. The van der Waals surface area contributed by atoms with Crippen LogP contribution in [0.4, 0.5) is 0 Å². The Hall–Kier alpha value is -3.26. The van der Waals surface area contributed by atoms with Gasteiger partial charge in [0, 0.05) is 19.3 Å². The zero-order valence-electron chi connectivity index (χ0n) is 57.5. The third kappa shape index (κ3) is 13.6. The Morgan fingerprint density at radius 1 is 0.546 bits per heavy atom. The number of rotatable bonds is 16. The number of aliphatic hydroxyl groups is 13. The van der Waals surface area contributed by atoms with Gasteiger partial charge in [0.2, 0.25) is 6.29 Å². The highest BCUT2D eigenvalue weighted by molar-refractivity contribution is 5.80. The van der Waals surface area contributed by atoms with E-state index in [2.05, 4.69) is 40.7 Å². The number of esters is 4. The van der Waals surface area contributed by atoms with Gasteiger partial charge >= 0.3 is 23.9 Å². The van der Waals surface area contributed by atoms with Crippen molar-refractivity contribution in [3.05, 3.63) is 11.6 Å². The largest absolute Gasteiger partial charge is 0.462 e. The van der Waals surface area contributed by atoms with Crippen molar-refractivity contribution in [2.24, 2.45) is 50.2 Å². The van der Waals surface area contributed by atoms with Gasteiger partial charge in [-0.05, 0) is 125 Å². The number of hydrogen-bond acceptors (Lipinski definition) is 30. The Labute approximate surface area is 564 Å². The molecule has 10 rings (SSSR count). The van der Waals surface area contributed by atoms with Crippen LogP contribution in [-0.4, -0.2) is 275 Å². The molecular formula is C67H106O30.